The number of rotatable bonds is 8. The van der Waals surface area contributed by atoms with Gasteiger partial charge in [0.25, 0.3) is 0 Å². The number of benzene rings is 4. The van der Waals surface area contributed by atoms with Crippen LogP contribution >= 0.6 is 0 Å². The standard InChI is InChI=1S/C32H23F2N4O.C19H25FGeN.Ir/c1-17(2)16-20-13-14-22-21-6-4-7-23(30(21)39-32(22)36-20)31-37-26-15-12-19-11-10-18(3)35-27(19)29(26)38(31)28-24(33)8-5-9-25(28)34;1-13(2)9-15-11-19(22-12-18(15)21(4,5)6)16-8-7-14(3)10-17(16)20;/h4-6,8-15,17H,16H2,1-3H3;7,10-13H,9H2,1-6H3;/q2*-1;/i2*3D3;. The van der Waals surface area contributed by atoms with E-state index in [2.05, 4.69) is 67.1 Å². The molecule has 0 fully saturated rings. The minimum Gasteiger partial charge on any atom is -0.486 e. The van der Waals surface area contributed by atoms with Gasteiger partial charge in [-0.15, -0.1) is 18.2 Å². The van der Waals surface area contributed by atoms with Crippen molar-refractivity contribution < 1.29 is 45.9 Å². The summed E-state index contributed by atoms with van der Waals surface area (Å²) in [6.45, 7) is 3.74. The van der Waals surface area contributed by atoms with Gasteiger partial charge in [0, 0.05) is 46.4 Å². The maximum absolute atomic E-state index is 15.5. The van der Waals surface area contributed by atoms with E-state index in [1.807, 2.05) is 30.5 Å². The number of aromatic nitrogens is 5. The number of hydrogen-bond acceptors (Lipinski definition) is 5. The second-order valence-corrected chi connectivity index (χ2v) is 27.8. The summed E-state index contributed by atoms with van der Waals surface area (Å²) >= 11 is -2.08. The molecule has 5 aromatic heterocycles. The van der Waals surface area contributed by atoms with E-state index >= 15 is 8.78 Å². The zero-order chi connectivity index (χ0) is 48.3. The minimum atomic E-state index is -2.48. The first-order valence-electron chi connectivity index (χ1n) is 23.2. The van der Waals surface area contributed by atoms with Crippen molar-refractivity contribution in [1.82, 2.24) is 24.5 Å². The largest absolute Gasteiger partial charge is 0.486 e. The SMILES string of the molecule is [2H]C([2H])([2H])c1c[c-]c(-c2cc(CC(C)C)[c]([Ge]([CH3])([CH3])[CH3])cn2)c(F)c1.[2H]C([2H])([2H])c1ccc2ccc3nc(-c4[c-]ccc5c4oc4nc(CC(C)C)ccc45)n(-c4c(F)cccc4F)c3c2n1.[Ir]. The number of furan rings is 1. The van der Waals surface area contributed by atoms with E-state index in [-0.39, 0.29) is 59.5 Å². The topological polar surface area (TPSA) is 69.6 Å². The van der Waals surface area contributed by atoms with Crippen LogP contribution in [0.15, 0.2) is 95.5 Å². The van der Waals surface area contributed by atoms with Gasteiger partial charge in [0.1, 0.15) is 17.3 Å². The molecule has 9 aromatic rings. The number of halogens is 3. The Hall–Kier alpha value is -5.16. The molecule has 4 aromatic carbocycles. The monoisotopic (exact) mass is 1080 g/mol. The van der Waals surface area contributed by atoms with E-state index in [4.69, 9.17) is 22.6 Å². The minimum absolute atomic E-state index is 0. The molecule has 11 heteroatoms. The molecule has 0 aliphatic rings. The first-order chi connectivity index (χ1) is 31.5. The molecule has 0 aliphatic heterocycles. The Balaban J connectivity index is 0.000000227. The molecule has 9 rings (SSSR count). The molecule has 0 aliphatic carbocycles. The van der Waals surface area contributed by atoms with Crippen molar-refractivity contribution in [3.8, 4) is 28.3 Å². The smallest absolute Gasteiger partial charge is 0.216 e. The number of aryl methyl sites for hydroxylation is 2. The molecular formula is C51H48F3GeIrN5O-2. The van der Waals surface area contributed by atoms with E-state index in [1.54, 1.807) is 24.3 Å². The van der Waals surface area contributed by atoms with Gasteiger partial charge in [-0.3, -0.25) is 9.97 Å². The molecule has 0 N–H and O–H groups in total. The first kappa shape index (κ1) is 37.4. The summed E-state index contributed by atoms with van der Waals surface area (Å²) in [5.41, 5.74) is 4.41. The van der Waals surface area contributed by atoms with Gasteiger partial charge in [-0.05, 0) is 55.6 Å². The zero-order valence-corrected chi connectivity index (χ0v) is 39.8. The summed E-state index contributed by atoms with van der Waals surface area (Å²) < 4.78 is 100. The number of para-hydroxylation sites is 1. The van der Waals surface area contributed by atoms with Crippen molar-refractivity contribution in [3.63, 3.8) is 0 Å². The Morgan fingerprint density at radius 3 is 2.24 bits per heavy atom. The summed E-state index contributed by atoms with van der Waals surface area (Å²) in [7, 11) is 0. The van der Waals surface area contributed by atoms with Crippen molar-refractivity contribution in [3.05, 3.63) is 143 Å². The van der Waals surface area contributed by atoms with Crippen LogP contribution in [0.2, 0.25) is 17.3 Å². The molecule has 0 bridgehead atoms. The third-order valence-electron chi connectivity index (χ3n) is 10.4. The first-order valence-corrected chi connectivity index (χ1v) is 27.6. The van der Waals surface area contributed by atoms with Crippen LogP contribution in [-0.4, -0.2) is 37.8 Å². The number of hydrogen-bond donors (Lipinski definition) is 0. The Labute approximate surface area is 385 Å². The molecular weight excluding hydrogens is 1020 g/mol. The van der Waals surface area contributed by atoms with Crippen LogP contribution in [0, 0.1) is 55.1 Å². The maximum Gasteiger partial charge on any atom is 0.216 e. The number of nitrogens with zero attached hydrogens (tertiary/aromatic N) is 5. The molecule has 0 unspecified atom stereocenters. The number of fused-ring (bicyclic) bond motifs is 6. The average molecular weight is 1070 g/mol. The van der Waals surface area contributed by atoms with Gasteiger partial charge in [0.15, 0.2) is 0 Å². The second-order valence-electron chi connectivity index (χ2n) is 17.2. The third-order valence-corrected chi connectivity index (χ3v) is 14.7. The van der Waals surface area contributed by atoms with Crippen LogP contribution in [0.3, 0.4) is 0 Å². The average Bonchev–Trinajstić information content (AvgIpc) is 3.81. The maximum atomic E-state index is 15.5. The van der Waals surface area contributed by atoms with E-state index in [0.29, 0.717) is 45.3 Å². The Kier molecular flexibility index (Phi) is 10.8. The predicted molar refractivity (Wildman–Crippen MR) is 244 cm³/mol. The van der Waals surface area contributed by atoms with Crippen LogP contribution in [0.4, 0.5) is 13.2 Å². The molecule has 6 nitrogen and oxygen atoms in total. The van der Waals surface area contributed by atoms with E-state index in [9.17, 15) is 4.39 Å². The van der Waals surface area contributed by atoms with Crippen molar-refractivity contribution in [2.45, 2.75) is 71.5 Å². The molecule has 0 atom stereocenters. The number of imidazole rings is 1. The molecule has 0 amide bonds. The van der Waals surface area contributed by atoms with Crippen LogP contribution in [0.5, 0.6) is 0 Å². The summed E-state index contributed by atoms with van der Waals surface area (Å²) in [6, 6.07) is 27.9. The third kappa shape index (κ3) is 8.88. The quantitative estimate of drug-likeness (QED) is 0.112. The summed E-state index contributed by atoms with van der Waals surface area (Å²) in [5.74, 6) is 5.78. The van der Waals surface area contributed by atoms with Gasteiger partial charge >= 0.3 is 140 Å². The van der Waals surface area contributed by atoms with Gasteiger partial charge in [0.2, 0.25) is 5.71 Å². The van der Waals surface area contributed by atoms with Crippen LogP contribution < -0.4 is 4.40 Å². The number of pyridine rings is 3. The molecule has 1 radical (unpaired) electrons. The van der Waals surface area contributed by atoms with Crippen LogP contribution in [0.1, 0.15) is 58.4 Å². The Morgan fingerprint density at radius 1 is 0.790 bits per heavy atom. The molecule has 0 saturated heterocycles. The summed E-state index contributed by atoms with van der Waals surface area (Å²) in [6.07, 6.45) is 3.59. The Bertz CT molecular complexity index is 3330. The normalized spacial score (nSPS) is 13.7. The van der Waals surface area contributed by atoms with E-state index < -0.39 is 44.4 Å². The fourth-order valence-electron chi connectivity index (χ4n) is 7.77. The van der Waals surface area contributed by atoms with Crippen LogP contribution in [0.25, 0.3) is 72.3 Å². The predicted octanol–water partition coefficient (Wildman–Crippen LogP) is 12.9. The van der Waals surface area contributed by atoms with Gasteiger partial charge < -0.3 is 8.98 Å². The van der Waals surface area contributed by atoms with Crippen LogP contribution in [-0.2, 0) is 32.9 Å². The van der Waals surface area contributed by atoms with Gasteiger partial charge in [-0.25, -0.2) is 13.8 Å². The molecule has 62 heavy (non-hydrogen) atoms. The van der Waals surface area contributed by atoms with E-state index in [1.165, 1.54) is 32.7 Å². The summed E-state index contributed by atoms with van der Waals surface area (Å²) in [5, 5.41) is 2.14. The van der Waals surface area contributed by atoms with Crippen molar-refractivity contribution in [2.75, 3.05) is 0 Å². The fraction of sp³-hybridized carbons (Fsp3) is 0.255. The molecule has 319 valence electrons. The van der Waals surface area contributed by atoms with Crippen molar-refractivity contribution in [2.24, 2.45) is 11.8 Å². The molecule has 5 heterocycles. The zero-order valence-electron chi connectivity index (χ0n) is 41.3. The van der Waals surface area contributed by atoms with E-state index in [0.717, 1.165) is 47.5 Å². The van der Waals surface area contributed by atoms with Crippen molar-refractivity contribution >= 4 is 61.7 Å². The van der Waals surface area contributed by atoms with Gasteiger partial charge in [0.05, 0.1) is 28.0 Å². The fourth-order valence-corrected chi connectivity index (χ4v) is 11.1. The van der Waals surface area contributed by atoms with Gasteiger partial charge in [-0.1, -0.05) is 43.0 Å². The summed E-state index contributed by atoms with van der Waals surface area (Å²) in [4.78, 5) is 18.4. The van der Waals surface area contributed by atoms with Crippen molar-refractivity contribution in [1.29, 1.82) is 0 Å². The molecule has 0 spiro atoms. The Morgan fingerprint density at radius 2 is 1.55 bits per heavy atom. The second kappa shape index (κ2) is 17.9. The van der Waals surface area contributed by atoms with Gasteiger partial charge in [-0.2, -0.15) is 0 Å². The molecule has 0 saturated carbocycles.